The van der Waals surface area contributed by atoms with Crippen molar-refractivity contribution in [2.24, 2.45) is 4.99 Å². The molecule has 0 aliphatic rings. The maximum atomic E-state index is 10.8. The number of nitrogens with zero attached hydrogens (tertiary/aromatic N) is 3. The lowest BCUT2D eigenvalue weighted by Crippen LogP contribution is -1.90. The third kappa shape index (κ3) is 3.08. The highest BCUT2D eigenvalue weighted by atomic mass is 16.6. The number of imidazole rings is 1. The van der Waals surface area contributed by atoms with Gasteiger partial charge in [0.1, 0.15) is 5.75 Å². The number of hydrogen-bond donors (Lipinski definition) is 2. The molecule has 0 bridgehead atoms. The Morgan fingerprint density at radius 3 is 2.83 bits per heavy atom. The van der Waals surface area contributed by atoms with Crippen LogP contribution in [0.5, 0.6) is 5.75 Å². The third-order valence-electron chi connectivity index (χ3n) is 3.26. The van der Waals surface area contributed by atoms with Gasteiger partial charge in [-0.05, 0) is 12.1 Å². The average molecular weight is 308 g/mol. The van der Waals surface area contributed by atoms with E-state index in [0.29, 0.717) is 5.69 Å². The van der Waals surface area contributed by atoms with Gasteiger partial charge in [0.05, 0.1) is 28.8 Å². The number of aromatic hydroxyl groups is 1. The van der Waals surface area contributed by atoms with E-state index in [9.17, 15) is 15.2 Å². The summed E-state index contributed by atoms with van der Waals surface area (Å²) >= 11 is 0. The fourth-order valence-corrected chi connectivity index (χ4v) is 2.12. The zero-order valence-electron chi connectivity index (χ0n) is 11.9. The predicted molar refractivity (Wildman–Crippen MR) is 86.0 cm³/mol. The van der Waals surface area contributed by atoms with Crippen molar-refractivity contribution < 1.29 is 10.0 Å². The van der Waals surface area contributed by atoms with Crippen molar-refractivity contribution in [1.82, 2.24) is 9.97 Å². The highest BCUT2D eigenvalue weighted by Gasteiger charge is 2.09. The number of benzene rings is 2. The van der Waals surface area contributed by atoms with E-state index in [-0.39, 0.29) is 17.0 Å². The fourth-order valence-electron chi connectivity index (χ4n) is 2.12. The summed E-state index contributed by atoms with van der Waals surface area (Å²) in [5.74, 6) is -0.0710. The van der Waals surface area contributed by atoms with E-state index in [1.54, 1.807) is 18.6 Å². The van der Waals surface area contributed by atoms with Gasteiger partial charge < -0.3 is 10.1 Å². The van der Waals surface area contributed by atoms with Crippen molar-refractivity contribution in [1.29, 1.82) is 0 Å². The van der Waals surface area contributed by atoms with Crippen LogP contribution in [-0.2, 0) is 0 Å². The van der Waals surface area contributed by atoms with Crippen LogP contribution in [0.15, 0.2) is 60.0 Å². The van der Waals surface area contributed by atoms with Crippen LogP contribution >= 0.6 is 0 Å². The number of para-hydroxylation sites is 1. The van der Waals surface area contributed by atoms with Gasteiger partial charge in [0.25, 0.3) is 5.69 Å². The first-order chi connectivity index (χ1) is 11.1. The van der Waals surface area contributed by atoms with Crippen molar-refractivity contribution in [3.63, 3.8) is 0 Å². The fraction of sp³-hybridized carbons (Fsp3) is 0. The lowest BCUT2D eigenvalue weighted by atomic mass is 10.1. The van der Waals surface area contributed by atoms with E-state index < -0.39 is 4.92 Å². The highest BCUT2D eigenvalue weighted by molar-refractivity contribution is 5.88. The van der Waals surface area contributed by atoms with E-state index in [4.69, 9.17) is 0 Å². The average Bonchev–Trinajstić information content (AvgIpc) is 3.08. The summed E-state index contributed by atoms with van der Waals surface area (Å²) in [6, 6.07) is 11.2. The summed E-state index contributed by atoms with van der Waals surface area (Å²) in [4.78, 5) is 21.6. The molecule has 0 fully saturated rings. The minimum atomic E-state index is -0.519. The quantitative estimate of drug-likeness (QED) is 0.437. The van der Waals surface area contributed by atoms with Gasteiger partial charge in [-0.15, -0.1) is 0 Å². The molecule has 3 aromatic rings. The number of phenols is 1. The maximum absolute atomic E-state index is 10.8. The summed E-state index contributed by atoms with van der Waals surface area (Å²) in [5, 5.41) is 20.6. The third-order valence-corrected chi connectivity index (χ3v) is 3.26. The van der Waals surface area contributed by atoms with Crippen LogP contribution in [-0.4, -0.2) is 26.2 Å². The minimum absolute atomic E-state index is 0.0710. The molecule has 2 aromatic carbocycles. The number of nitro benzene ring substituents is 1. The van der Waals surface area contributed by atoms with Crippen LogP contribution in [0.25, 0.3) is 11.3 Å². The Labute approximate surface area is 131 Å². The maximum Gasteiger partial charge on any atom is 0.270 e. The van der Waals surface area contributed by atoms with E-state index in [1.165, 1.54) is 24.4 Å². The molecule has 0 aliphatic heterocycles. The standard InChI is InChI=1S/C16H12N4O3/c21-16-6-5-12(20(22)23)7-11(16)8-18-14-4-2-1-3-13(14)15-9-17-10-19-15/h1-10,21H,(H,17,19). The Morgan fingerprint density at radius 2 is 2.09 bits per heavy atom. The van der Waals surface area contributed by atoms with Crippen molar-refractivity contribution in [3.8, 4) is 17.0 Å². The lowest BCUT2D eigenvalue weighted by Gasteiger charge is -2.03. The van der Waals surface area contributed by atoms with E-state index >= 15 is 0 Å². The molecule has 1 aromatic heterocycles. The number of nitro groups is 1. The largest absolute Gasteiger partial charge is 0.507 e. The Bertz CT molecular complexity index is 873. The second kappa shape index (κ2) is 6.10. The molecule has 0 aliphatic carbocycles. The Kier molecular flexibility index (Phi) is 3.84. The molecular formula is C16H12N4O3. The molecule has 0 unspecified atom stereocenters. The minimum Gasteiger partial charge on any atom is -0.507 e. The van der Waals surface area contributed by atoms with Gasteiger partial charge in [-0.3, -0.25) is 15.1 Å². The van der Waals surface area contributed by atoms with Gasteiger partial charge >= 0.3 is 0 Å². The number of nitrogens with one attached hydrogen (secondary N) is 1. The van der Waals surface area contributed by atoms with Gasteiger partial charge in [0.2, 0.25) is 0 Å². The number of aromatic nitrogens is 2. The zero-order valence-corrected chi connectivity index (χ0v) is 11.9. The SMILES string of the molecule is O=[N+]([O-])c1ccc(O)c(C=Nc2ccccc2-c2cnc[nH]2)c1. The van der Waals surface area contributed by atoms with E-state index in [2.05, 4.69) is 15.0 Å². The second-order valence-electron chi connectivity index (χ2n) is 4.74. The molecule has 3 rings (SSSR count). The smallest absolute Gasteiger partial charge is 0.270 e. The number of non-ortho nitro benzene ring substituents is 1. The topological polar surface area (TPSA) is 104 Å². The van der Waals surface area contributed by atoms with Crippen LogP contribution in [0.1, 0.15) is 5.56 Å². The van der Waals surface area contributed by atoms with Crippen LogP contribution in [0.4, 0.5) is 11.4 Å². The molecule has 7 nitrogen and oxygen atoms in total. The molecular weight excluding hydrogens is 296 g/mol. The molecule has 0 radical (unpaired) electrons. The number of rotatable bonds is 4. The van der Waals surface area contributed by atoms with Crippen molar-refractivity contribution in [2.45, 2.75) is 0 Å². The molecule has 0 saturated heterocycles. The van der Waals surface area contributed by atoms with Gasteiger partial charge in [0.15, 0.2) is 0 Å². The molecule has 0 saturated carbocycles. The number of aromatic amines is 1. The van der Waals surface area contributed by atoms with Crippen molar-refractivity contribution in [3.05, 3.63) is 70.7 Å². The van der Waals surface area contributed by atoms with Crippen LogP contribution < -0.4 is 0 Å². The number of aliphatic imine (C=N–C) groups is 1. The lowest BCUT2D eigenvalue weighted by molar-refractivity contribution is -0.384. The monoisotopic (exact) mass is 308 g/mol. The van der Waals surface area contributed by atoms with Gasteiger partial charge in [-0.25, -0.2) is 4.98 Å². The number of hydrogen-bond acceptors (Lipinski definition) is 5. The number of phenolic OH excluding ortho intramolecular Hbond substituents is 1. The molecule has 1 heterocycles. The first kappa shape index (κ1) is 14.5. The molecule has 0 amide bonds. The first-order valence-electron chi connectivity index (χ1n) is 6.74. The molecule has 0 atom stereocenters. The summed E-state index contributed by atoms with van der Waals surface area (Å²) in [7, 11) is 0. The van der Waals surface area contributed by atoms with Crippen LogP contribution in [0.2, 0.25) is 0 Å². The molecule has 7 heteroatoms. The van der Waals surface area contributed by atoms with Crippen LogP contribution in [0.3, 0.4) is 0 Å². The van der Waals surface area contributed by atoms with Crippen molar-refractivity contribution in [2.75, 3.05) is 0 Å². The highest BCUT2D eigenvalue weighted by Crippen LogP contribution is 2.29. The molecule has 114 valence electrons. The summed E-state index contributed by atoms with van der Waals surface area (Å²) in [5.41, 5.74) is 2.47. The van der Waals surface area contributed by atoms with E-state index in [0.717, 1.165) is 11.3 Å². The Balaban J connectivity index is 1.98. The van der Waals surface area contributed by atoms with E-state index in [1.807, 2.05) is 18.2 Å². The van der Waals surface area contributed by atoms with Crippen LogP contribution in [0, 0.1) is 10.1 Å². The summed E-state index contributed by atoms with van der Waals surface area (Å²) in [6.45, 7) is 0. The molecule has 0 spiro atoms. The Hall–Kier alpha value is -3.48. The predicted octanol–water partition coefficient (Wildman–Crippen LogP) is 3.44. The van der Waals surface area contributed by atoms with Gasteiger partial charge in [0, 0.05) is 29.5 Å². The zero-order chi connectivity index (χ0) is 16.2. The summed E-state index contributed by atoms with van der Waals surface area (Å²) < 4.78 is 0. The van der Waals surface area contributed by atoms with Gasteiger partial charge in [-0.1, -0.05) is 18.2 Å². The van der Waals surface area contributed by atoms with Gasteiger partial charge in [-0.2, -0.15) is 0 Å². The van der Waals surface area contributed by atoms with Crippen molar-refractivity contribution >= 4 is 17.6 Å². The normalized spacial score (nSPS) is 11.0. The number of H-pyrrole nitrogens is 1. The first-order valence-corrected chi connectivity index (χ1v) is 6.74. The second-order valence-corrected chi connectivity index (χ2v) is 4.74. The summed E-state index contributed by atoms with van der Waals surface area (Å²) in [6.07, 6.45) is 4.65. The Morgan fingerprint density at radius 1 is 1.26 bits per heavy atom. The molecule has 23 heavy (non-hydrogen) atoms. The molecule has 2 N–H and O–H groups in total.